The van der Waals surface area contributed by atoms with Crippen LogP contribution in [0.4, 0.5) is 11.5 Å². The molecule has 2 unspecified atom stereocenters. The van der Waals surface area contributed by atoms with E-state index >= 15 is 0 Å². The second-order valence-corrected chi connectivity index (χ2v) is 6.19. The molecule has 1 saturated carbocycles. The van der Waals surface area contributed by atoms with E-state index in [0.29, 0.717) is 24.0 Å². The number of aromatic nitrogens is 2. The molecular formula is C14H24N4O3. The van der Waals surface area contributed by atoms with Crippen molar-refractivity contribution in [2.45, 2.75) is 51.6 Å². The van der Waals surface area contributed by atoms with E-state index in [0.717, 1.165) is 25.7 Å². The predicted octanol–water partition coefficient (Wildman–Crippen LogP) is 2.41. The van der Waals surface area contributed by atoms with Crippen LogP contribution in [0, 0.1) is 16.0 Å². The Balaban J connectivity index is 2.14. The first-order chi connectivity index (χ1) is 9.90. The Morgan fingerprint density at radius 1 is 1.52 bits per heavy atom. The minimum atomic E-state index is -0.361. The second kappa shape index (κ2) is 6.43. The van der Waals surface area contributed by atoms with Gasteiger partial charge >= 0.3 is 5.69 Å². The van der Waals surface area contributed by atoms with Gasteiger partial charge in [0.05, 0.1) is 11.0 Å². The minimum absolute atomic E-state index is 0.00338. The van der Waals surface area contributed by atoms with Crippen molar-refractivity contribution in [3.63, 3.8) is 0 Å². The molecule has 7 heteroatoms. The Hall–Kier alpha value is -1.63. The number of aryl methyl sites for hydroxylation is 1. The van der Waals surface area contributed by atoms with Crippen LogP contribution in [0.5, 0.6) is 0 Å². The van der Waals surface area contributed by atoms with E-state index in [2.05, 4.69) is 10.4 Å². The largest absolute Gasteiger partial charge is 0.393 e. The maximum atomic E-state index is 11.3. The number of aliphatic hydroxyl groups is 1. The van der Waals surface area contributed by atoms with E-state index in [1.54, 1.807) is 11.7 Å². The summed E-state index contributed by atoms with van der Waals surface area (Å²) in [4.78, 5) is 11.0. The Morgan fingerprint density at radius 3 is 2.81 bits per heavy atom. The highest BCUT2D eigenvalue weighted by atomic mass is 16.6. The van der Waals surface area contributed by atoms with Crippen molar-refractivity contribution in [3.8, 4) is 0 Å². The maximum Gasteiger partial charge on any atom is 0.334 e. The summed E-state index contributed by atoms with van der Waals surface area (Å²) < 4.78 is 1.55. The van der Waals surface area contributed by atoms with Crippen LogP contribution in [-0.2, 0) is 7.05 Å². The summed E-state index contributed by atoms with van der Waals surface area (Å²) in [5.74, 6) is 0.818. The van der Waals surface area contributed by atoms with Crippen molar-refractivity contribution < 1.29 is 10.0 Å². The van der Waals surface area contributed by atoms with Crippen LogP contribution in [0.1, 0.15) is 51.1 Å². The minimum Gasteiger partial charge on any atom is -0.393 e. The molecule has 1 heterocycles. The molecular weight excluding hydrogens is 272 g/mol. The summed E-state index contributed by atoms with van der Waals surface area (Å²) in [6.45, 7) is 4.43. The maximum absolute atomic E-state index is 11.3. The van der Waals surface area contributed by atoms with Gasteiger partial charge in [0.25, 0.3) is 0 Å². The van der Waals surface area contributed by atoms with E-state index in [9.17, 15) is 15.2 Å². The number of nitro groups is 1. The molecule has 1 aliphatic rings. The van der Waals surface area contributed by atoms with E-state index in [-0.39, 0.29) is 22.6 Å². The molecule has 118 valence electrons. The van der Waals surface area contributed by atoms with Crippen LogP contribution in [0.3, 0.4) is 0 Å². The predicted molar refractivity (Wildman–Crippen MR) is 80.4 cm³/mol. The van der Waals surface area contributed by atoms with Crippen LogP contribution in [0.15, 0.2) is 0 Å². The summed E-state index contributed by atoms with van der Waals surface area (Å²) in [5, 5.41) is 28.5. The van der Waals surface area contributed by atoms with Crippen molar-refractivity contribution in [2.24, 2.45) is 13.0 Å². The van der Waals surface area contributed by atoms with Gasteiger partial charge in [-0.05, 0) is 25.2 Å². The fourth-order valence-corrected chi connectivity index (χ4v) is 2.99. The lowest BCUT2D eigenvalue weighted by molar-refractivity contribution is -0.384. The molecule has 7 nitrogen and oxygen atoms in total. The Labute approximate surface area is 124 Å². The topological polar surface area (TPSA) is 93.2 Å². The lowest BCUT2D eigenvalue weighted by Gasteiger charge is -2.26. The highest BCUT2D eigenvalue weighted by molar-refractivity contribution is 5.60. The van der Waals surface area contributed by atoms with Gasteiger partial charge in [-0.1, -0.05) is 20.3 Å². The second-order valence-electron chi connectivity index (χ2n) is 6.19. The quantitative estimate of drug-likeness (QED) is 0.643. The SMILES string of the molecule is CC(C)c1nn(C)c(NCC2CCCC(O)C2)c1[N+](=O)[O-]. The lowest BCUT2D eigenvalue weighted by atomic mass is 9.87. The summed E-state index contributed by atoms with van der Waals surface area (Å²) in [7, 11) is 1.72. The van der Waals surface area contributed by atoms with Crippen LogP contribution in [0.25, 0.3) is 0 Å². The first-order valence-corrected chi connectivity index (χ1v) is 7.53. The molecule has 2 atom stereocenters. The van der Waals surface area contributed by atoms with Gasteiger partial charge in [0.2, 0.25) is 5.82 Å². The average Bonchev–Trinajstić information content (AvgIpc) is 2.74. The van der Waals surface area contributed by atoms with E-state index < -0.39 is 0 Å². The van der Waals surface area contributed by atoms with Crippen molar-refractivity contribution >= 4 is 11.5 Å². The number of anilines is 1. The van der Waals surface area contributed by atoms with Crippen LogP contribution < -0.4 is 5.32 Å². The first kappa shape index (κ1) is 15.8. The lowest BCUT2D eigenvalue weighted by Crippen LogP contribution is -2.25. The fraction of sp³-hybridized carbons (Fsp3) is 0.786. The zero-order chi connectivity index (χ0) is 15.6. The fourth-order valence-electron chi connectivity index (χ4n) is 2.99. The molecule has 0 amide bonds. The summed E-state index contributed by atoms with van der Waals surface area (Å²) in [6.07, 6.45) is 3.44. The smallest absolute Gasteiger partial charge is 0.334 e. The van der Waals surface area contributed by atoms with Crippen molar-refractivity contribution in [2.75, 3.05) is 11.9 Å². The summed E-state index contributed by atoms with van der Waals surface area (Å²) in [5.41, 5.74) is 0.581. The molecule has 0 saturated heterocycles. The van der Waals surface area contributed by atoms with Gasteiger partial charge in [-0.2, -0.15) is 5.10 Å². The average molecular weight is 296 g/mol. The molecule has 2 rings (SSSR count). The number of nitrogens with one attached hydrogen (secondary N) is 1. The van der Waals surface area contributed by atoms with Gasteiger partial charge in [0.1, 0.15) is 5.69 Å². The van der Waals surface area contributed by atoms with E-state index in [1.165, 1.54) is 0 Å². The molecule has 0 radical (unpaired) electrons. The van der Waals surface area contributed by atoms with Gasteiger partial charge in [0, 0.05) is 19.5 Å². The number of rotatable bonds is 5. The monoisotopic (exact) mass is 296 g/mol. The van der Waals surface area contributed by atoms with E-state index in [4.69, 9.17) is 0 Å². The Kier molecular flexibility index (Phi) is 4.82. The summed E-state index contributed by atoms with van der Waals surface area (Å²) in [6, 6.07) is 0. The molecule has 1 aliphatic carbocycles. The van der Waals surface area contributed by atoms with Crippen LogP contribution in [-0.4, -0.2) is 32.5 Å². The number of aliphatic hydroxyl groups excluding tert-OH is 1. The van der Waals surface area contributed by atoms with Crippen molar-refractivity contribution in [1.82, 2.24) is 9.78 Å². The molecule has 2 N–H and O–H groups in total. The van der Waals surface area contributed by atoms with E-state index in [1.807, 2.05) is 13.8 Å². The van der Waals surface area contributed by atoms with Gasteiger partial charge in [-0.25, -0.2) is 4.68 Å². The van der Waals surface area contributed by atoms with Crippen molar-refractivity contribution in [3.05, 3.63) is 15.8 Å². The third kappa shape index (κ3) is 3.53. The van der Waals surface area contributed by atoms with Gasteiger partial charge in [-0.15, -0.1) is 0 Å². The molecule has 1 aromatic heterocycles. The molecule has 0 aromatic carbocycles. The molecule has 0 bridgehead atoms. The van der Waals surface area contributed by atoms with Crippen molar-refractivity contribution in [1.29, 1.82) is 0 Å². The van der Waals surface area contributed by atoms with Crippen LogP contribution >= 0.6 is 0 Å². The highest BCUT2D eigenvalue weighted by Gasteiger charge is 2.29. The van der Waals surface area contributed by atoms with Gasteiger partial charge < -0.3 is 10.4 Å². The Morgan fingerprint density at radius 2 is 2.24 bits per heavy atom. The molecule has 1 aromatic rings. The number of hydrogen-bond acceptors (Lipinski definition) is 5. The standard InChI is InChI=1S/C14H24N4O3/c1-9(2)12-13(18(20)21)14(17(3)16-12)15-8-10-5-4-6-11(19)7-10/h9-11,15,19H,4-8H2,1-3H3. The number of hydrogen-bond donors (Lipinski definition) is 2. The molecule has 21 heavy (non-hydrogen) atoms. The zero-order valence-electron chi connectivity index (χ0n) is 12.9. The third-order valence-corrected chi connectivity index (χ3v) is 4.09. The highest BCUT2D eigenvalue weighted by Crippen LogP contribution is 2.33. The van der Waals surface area contributed by atoms with Gasteiger partial charge in [0.15, 0.2) is 0 Å². The van der Waals surface area contributed by atoms with Crippen LogP contribution in [0.2, 0.25) is 0 Å². The third-order valence-electron chi connectivity index (χ3n) is 4.09. The normalized spacial score (nSPS) is 22.5. The molecule has 0 aliphatic heterocycles. The molecule has 1 fully saturated rings. The molecule has 0 spiro atoms. The zero-order valence-corrected chi connectivity index (χ0v) is 12.9. The number of nitrogens with zero attached hydrogens (tertiary/aromatic N) is 3. The Bertz CT molecular complexity index is 513. The first-order valence-electron chi connectivity index (χ1n) is 7.53. The summed E-state index contributed by atoms with van der Waals surface area (Å²) >= 11 is 0. The van der Waals surface area contributed by atoms with Gasteiger partial charge in [-0.3, -0.25) is 10.1 Å².